The Morgan fingerprint density at radius 1 is 1.07 bits per heavy atom. The van der Waals surface area contributed by atoms with Gasteiger partial charge in [-0.25, -0.2) is 8.42 Å². The molecule has 1 aliphatic rings. The molecular formula is C20H32N4O4S. The van der Waals surface area contributed by atoms with Gasteiger partial charge in [-0.1, -0.05) is 37.3 Å². The third kappa shape index (κ3) is 7.41. The second-order valence-corrected chi connectivity index (χ2v) is 9.52. The second-order valence-electron chi connectivity index (χ2n) is 7.55. The number of likely N-dealkylation sites (N-methyl/N-ethyl adjacent to an activating group) is 1. The predicted octanol–water partition coefficient (Wildman–Crippen LogP) is 0.507. The number of nitrogens with one attached hydrogen (secondary N) is 1. The number of hydrogen-bond acceptors (Lipinski definition) is 5. The Balaban J connectivity index is 1.84. The van der Waals surface area contributed by atoms with Crippen LogP contribution in [0, 0.1) is 0 Å². The van der Waals surface area contributed by atoms with Crippen LogP contribution in [0.25, 0.3) is 0 Å². The van der Waals surface area contributed by atoms with Crippen LogP contribution in [0.3, 0.4) is 0 Å². The first kappa shape index (κ1) is 23.3. The van der Waals surface area contributed by atoms with Gasteiger partial charge >= 0.3 is 0 Å². The van der Waals surface area contributed by atoms with E-state index in [0.717, 1.165) is 5.56 Å². The highest BCUT2D eigenvalue weighted by Crippen LogP contribution is 2.14. The van der Waals surface area contributed by atoms with E-state index >= 15 is 0 Å². The van der Waals surface area contributed by atoms with Crippen LogP contribution in [0.2, 0.25) is 0 Å². The highest BCUT2D eigenvalue weighted by atomic mass is 32.2. The summed E-state index contributed by atoms with van der Waals surface area (Å²) in [6.45, 7) is 7.92. The highest BCUT2D eigenvalue weighted by molar-refractivity contribution is 7.88. The molecule has 0 unspecified atom stereocenters. The molecule has 0 bridgehead atoms. The summed E-state index contributed by atoms with van der Waals surface area (Å²) in [7, 11) is -3.41. The Bertz CT molecular complexity index is 775. The van der Waals surface area contributed by atoms with Gasteiger partial charge in [0.1, 0.15) is 0 Å². The summed E-state index contributed by atoms with van der Waals surface area (Å²) >= 11 is 0. The zero-order valence-electron chi connectivity index (χ0n) is 17.5. The lowest BCUT2D eigenvalue weighted by molar-refractivity contribution is -0.134. The van der Waals surface area contributed by atoms with Crippen molar-refractivity contribution in [2.45, 2.75) is 32.6 Å². The molecule has 1 aliphatic heterocycles. The Morgan fingerprint density at radius 3 is 2.24 bits per heavy atom. The number of hydrogen-bond donors (Lipinski definition) is 1. The van der Waals surface area contributed by atoms with Crippen molar-refractivity contribution in [1.82, 2.24) is 19.4 Å². The highest BCUT2D eigenvalue weighted by Gasteiger charge is 2.29. The molecule has 0 spiro atoms. The van der Waals surface area contributed by atoms with E-state index in [1.807, 2.05) is 39.0 Å². The third-order valence-electron chi connectivity index (χ3n) is 4.80. The lowest BCUT2D eigenvalue weighted by atomic mass is 10.2. The third-order valence-corrected chi connectivity index (χ3v) is 6.65. The van der Waals surface area contributed by atoms with Crippen molar-refractivity contribution in [1.29, 1.82) is 0 Å². The standard InChI is InChI=1S/C20H32N4O4S/c1-4-22(14-19(25)21-17(2)3)15-20(26)23-10-12-24(13-11-23)29(27,28)16-18-8-6-5-7-9-18/h5-9,17H,4,10-16H2,1-3H3,(H,21,25). The first-order valence-corrected chi connectivity index (χ1v) is 11.6. The fraction of sp³-hybridized carbons (Fsp3) is 0.600. The van der Waals surface area contributed by atoms with Gasteiger partial charge in [-0.05, 0) is 26.0 Å². The van der Waals surface area contributed by atoms with Crippen LogP contribution in [0.5, 0.6) is 0 Å². The van der Waals surface area contributed by atoms with Crippen molar-refractivity contribution in [3.63, 3.8) is 0 Å². The van der Waals surface area contributed by atoms with Crippen molar-refractivity contribution in [3.8, 4) is 0 Å². The number of sulfonamides is 1. The van der Waals surface area contributed by atoms with Crippen LogP contribution in [0.15, 0.2) is 30.3 Å². The van der Waals surface area contributed by atoms with Crippen LogP contribution < -0.4 is 5.32 Å². The Hall–Kier alpha value is -1.97. The number of piperazine rings is 1. The molecular weight excluding hydrogens is 392 g/mol. The van der Waals surface area contributed by atoms with Crippen molar-refractivity contribution >= 4 is 21.8 Å². The minimum absolute atomic E-state index is 0.0314. The largest absolute Gasteiger partial charge is 0.353 e. The van der Waals surface area contributed by atoms with E-state index in [1.54, 1.807) is 21.9 Å². The molecule has 0 saturated carbocycles. The molecule has 0 radical (unpaired) electrons. The molecule has 0 aromatic heterocycles. The van der Waals surface area contributed by atoms with Crippen LogP contribution in [0.4, 0.5) is 0 Å². The number of rotatable bonds is 9. The molecule has 0 atom stereocenters. The van der Waals surface area contributed by atoms with E-state index in [0.29, 0.717) is 32.7 Å². The summed E-state index contributed by atoms with van der Waals surface area (Å²) in [5, 5.41) is 2.82. The maximum atomic E-state index is 12.6. The summed E-state index contributed by atoms with van der Waals surface area (Å²) in [6.07, 6.45) is 0. The van der Waals surface area contributed by atoms with Gasteiger partial charge < -0.3 is 10.2 Å². The molecule has 1 aromatic rings. The number of benzene rings is 1. The minimum atomic E-state index is -3.41. The zero-order valence-corrected chi connectivity index (χ0v) is 18.3. The average Bonchev–Trinajstić information content (AvgIpc) is 2.67. The Kier molecular flexibility index (Phi) is 8.60. The van der Waals surface area contributed by atoms with E-state index in [2.05, 4.69) is 5.32 Å². The van der Waals surface area contributed by atoms with Crippen molar-refractivity contribution < 1.29 is 18.0 Å². The second kappa shape index (κ2) is 10.7. The van der Waals surface area contributed by atoms with E-state index in [9.17, 15) is 18.0 Å². The zero-order chi connectivity index (χ0) is 21.4. The smallest absolute Gasteiger partial charge is 0.236 e. The van der Waals surface area contributed by atoms with E-state index in [-0.39, 0.29) is 36.7 Å². The molecule has 1 aromatic carbocycles. The molecule has 29 heavy (non-hydrogen) atoms. The van der Waals surface area contributed by atoms with Gasteiger partial charge in [0.2, 0.25) is 21.8 Å². The van der Waals surface area contributed by atoms with Gasteiger partial charge in [0.25, 0.3) is 0 Å². The average molecular weight is 425 g/mol. The summed E-state index contributed by atoms with van der Waals surface area (Å²) in [6, 6.07) is 9.15. The molecule has 1 fully saturated rings. The van der Waals surface area contributed by atoms with E-state index < -0.39 is 10.0 Å². The summed E-state index contributed by atoms with van der Waals surface area (Å²) in [5.74, 6) is -0.216. The molecule has 0 aliphatic carbocycles. The van der Waals surface area contributed by atoms with Gasteiger partial charge in [0.05, 0.1) is 18.8 Å². The maximum absolute atomic E-state index is 12.6. The van der Waals surface area contributed by atoms with Gasteiger partial charge in [-0.2, -0.15) is 4.31 Å². The van der Waals surface area contributed by atoms with E-state index in [1.165, 1.54) is 4.31 Å². The number of nitrogens with zero attached hydrogens (tertiary/aromatic N) is 3. The topological polar surface area (TPSA) is 90.0 Å². The van der Waals surface area contributed by atoms with Crippen LogP contribution in [0.1, 0.15) is 26.3 Å². The number of carbonyl (C=O) groups excluding carboxylic acids is 2. The fourth-order valence-corrected chi connectivity index (χ4v) is 4.75. The molecule has 8 nitrogen and oxygen atoms in total. The molecule has 1 heterocycles. The van der Waals surface area contributed by atoms with Crippen LogP contribution >= 0.6 is 0 Å². The molecule has 162 valence electrons. The van der Waals surface area contributed by atoms with Crippen molar-refractivity contribution in [2.75, 3.05) is 45.8 Å². The lowest BCUT2D eigenvalue weighted by Gasteiger charge is -2.35. The lowest BCUT2D eigenvalue weighted by Crippen LogP contribution is -2.53. The molecule has 9 heteroatoms. The van der Waals surface area contributed by atoms with Gasteiger partial charge in [-0.3, -0.25) is 14.5 Å². The predicted molar refractivity (Wildman–Crippen MR) is 113 cm³/mol. The van der Waals surface area contributed by atoms with E-state index in [4.69, 9.17) is 0 Å². The molecule has 2 amide bonds. The summed E-state index contributed by atoms with van der Waals surface area (Å²) < 4.78 is 26.7. The van der Waals surface area contributed by atoms with Crippen molar-refractivity contribution in [2.24, 2.45) is 0 Å². The van der Waals surface area contributed by atoms with Gasteiger partial charge in [-0.15, -0.1) is 0 Å². The monoisotopic (exact) mass is 424 g/mol. The fourth-order valence-electron chi connectivity index (χ4n) is 3.23. The maximum Gasteiger partial charge on any atom is 0.236 e. The first-order chi connectivity index (χ1) is 13.7. The van der Waals surface area contributed by atoms with Gasteiger partial charge in [0, 0.05) is 32.2 Å². The quantitative estimate of drug-likeness (QED) is 0.624. The summed E-state index contributed by atoms with van der Waals surface area (Å²) in [4.78, 5) is 28.0. The first-order valence-electron chi connectivity index (χ1n) is 10.0. The molecule has 1 saturated heterocycles. The van der Waals surface area contributed by atoms with Gasteiger partial charge in [0.15, 0.2) is 0 Å². The Morgan fingerprint density at radius 2 is 1.69 bits per heavy atom. The van der Waals surface area contributed by atoms with Crippen LogP contribution in [-0.4, -0.2) is 86.2 Å². The number of carbonyl (C=O) groups is 2. The SMILES string of the molecule is CCN(CC(=O)NC(C)C)CC(=O)N1CCN(S(=O)(=O)Cc2ccccc2)CC1. The Labute approximate surface area is 173 Å². The van der Waals surface area contributed by atoms with Crippen molar-refractivity contribution in [3.05, 3.63) is 35.9 Å². The normalized spacial score (nSPS) is 15.7. The van der Waals surface area contributed by atoms with Crippen LogP contribution in [-0.2, 0) is 25.4 Å². The molecule has 1 N–H and O–H groups in total. The minimum Gasteiger partial charge on any atom is -0.353 e. The summed E-state index contributed by atoms with van der Waals surface area (Å²) in [5.41, 5.74) is 0.754. The number of amides is 2. The molecule has 2 rings (SSSR count).